The van der Waals surface area contributed by atoms with E-state index in [0.717, 1.165) is 5.56 Å². The highest BCUT2D eigenvalue weighted by Gasteiger charge is 2.13. The number of thiophene rings is 1. The summed E-state index contributed by atoms with van der Waals surface area (Å²) in [6.07, 6.45) is 3.11. The van der Waals surface area contributed by atoms with Gasteiger partial charge in [0.25, 0.3) is 0 Å². The maximum absolute atomic E-state index is 5.96. The van der Waals surface area contributed by atoms with Crippen LogP contribution in [0.2, 0.25) is 9.36 Å². The summed E-state index contributed by atoms with van der Waals surface area (Å²) in [6, 6.07) is 1.85. The molecule has 0 aromatic carbocycles. The Morgan fingerprint density at radius 2 is 2.00 bits per heavy atom. The maximum atomic E-state index is 5.96. The van der Waals surface area contributed by atoms with E-state index in [4.69, 9.17) is 23.2 Å². The lowest BCUT2D eigenvalue weighted by Crippen LogP contribution is -2.07. The highest BCUT2D eigenvalue weighted by Crippen LogP contribution is 2.28. The van der Waals surface area contributed by atoms with E-state index in [1.807, 2.05) is 11.4 Å². The van der Waals surface area contributed by atoms with Crippen molar-refractivity contribution in [1.82, 2.24) is 24.7 Å². The molecule has 3 heterocycles. The Morgan fingerprint density at radius 3 is 2.65 bits per heavy atom. The van der Waals surface area contributed by atoms with E-state index < -0.39 is 0 Å². The van der Waals surface area contributed by atoms with Crippen molar-refractivity contribution in [1.29, 1.82) is 0 Å². The van der Waals surface area contributed by atoms with Gasteiger partial charge >= 0.3 is 0 Å². The monoisotopic (exact) mass is 389 g/mol. The molecule has 9 heteroatoms. The zero-order valence-electron chi connectivity index (χ0n) is 9.79. The number of hydrogen-bond acceptors (Lipinski definition) is 5. The van der Waals surface area contributed by atoms with E-state index >= 15 is 0 Å². The van der Waals surface area contributed by atoms with Crippen molar-refractivity contribution in [3.8, 4) is 11.4 Å². The Hall–Kier alpha value is -1.02. The van der Waals surface area contributed by atoms with Crippen LogP contribution in [-0.2, 0) is 6.54 Å². The first-order chi connectivity index (χ1) is 9.61. The molecule has 0 N–H and O–H groups in total. The summed E-state index contributed by atoms with van der Waals surface area (Å²) >= 11 is 16.4. The van der Waals surface area contributed by atoms with Gasteiger partial charge in [-0.05, 0) is 22.0 Å². The average molecular weight is 391 g/mol. The van der Waals surface area contributed by atoms with Crippen LogP contribution in [0.5, 0.6) is 0 Å². The molecule has 0 aliphatic carbocycles. The standard InChI is InChI=1S/C11H6BrCl2N5S/c12-11-17-10(6-1-8(14)20-5-6)19(18-11)4-9-15-2-7(13)3-16-9/h1-3,5H,4H2. The van der Waals surface area contributed by atoms with Crippen LogP contribution in [0, 0.1) is 0 Å². The summed E-state index contributed by atoms with van der Waals surface area (Å²) in [4.78, 5) is 12.6. The van der Waals surface area contributed by atoms with Crippen LogP contribution in [-0.4, -0.2) is 24.7 Å². The van der Waals surface area contributed by atoms with Gasteiger partial charge < -0.3 is 0 Å². The Kier molecular flexibility index (Phi) is 4.02. The van der Waals surface area contributed by atoms with Crippen molar-refractivity contribution < 1.29 is 0 Å². The molecular formula is C11H6BrCl2N5S. The van der Waals surface area contributed by atoms with E-state index in [1.54, 1.807) is 17.1 Å². The first kappa shape index (κ1) is 13.9. The Balaban J connectivity index is 1.95. The van der Waals surface area contributed by atoms with Crippen LogP contribution in [0.4, 0.5) is 0 Å². The second kappa shape index (κ2) is 5.77. The van der Waals surface area contributed by atoms with Crippen molar-refractivity contribution in [2.24, 2.45) is 0 Å². The maximum Gasteiger partial charge on any atom is 0.217 e. The Labute approximate surface area is 136 Å². The Bertz CT molecular complexity index is 740. The summed E-state index contributed by atoms with van der Waals surface area (Å²) in [5, 5.41) is 6.71. The highest BCUT2D eigenvalue weighted by atomic mass is 79.9. The summed E-state index contributed by atoms with van der Waals surface area (Å²) in [5.74, 6) is 1.31. The van der Waals surface area contributed by atoms with Crippen molar-refractivity contribution >= 4 is 50.5 Å². The molecule has 20 heavy (non-hydrogen) atoms. The van der Waals surface area contributed by atoms with E-state index in [1.165, 1.54) is 11.3 Å². The summed E-state index contributed by atoms with van der Waals surface area (Å²) in [6.45, 7) is 0.401. The minimum Gasteiger partial charge on any atom is -0.238 e. The SMILES string of the molecule is Clc1cnc(Cn2nc(Br)nc2-c2csc(Cl)c2)nc1. The summed E-state index contributed by atoms with van der Waals surface area (Å²) in [5.41, 5.74) is 0.909. The molecule has 0 bridgehead atoms. The first-order valence-corrected chi connectivity index (χ1v) is 7.86. The van der Waals surface area contributed by atoms with E-state index in [9.17, 15) is 0 Å². The predicted molar refractivity (Wildman–Crippen MR) is 82.2 cm³/mol. The lowest BCUT2D eigenvalue weighted by atomic mass is 10.3. The van der Waals surface area contributed by atoms with Crippen molar-refractivity contribution in [3.05, 3.63) is 43.8 Å². The highest BCUT2D eigenvalue weighted by molar-refractivity contribution is 9.10. The first-order valence-electron chi connectivity index (χ1n) is 5.43. The molecule has 0 radical (unpaired) electrons. The summed E-state index contributed by atoms with van der Waals surface area (Å²) < 4.78 is 2.92. The lowest BCUT2D eigenvalue weighted by molar-refractivity contribution is 0.657. The number of rotatable bonds is 3. The molecule has 0 aliphatic heterocycles. The molecule has 0 amide bonds. The molecule has 3 aromatic rings. The average Bonchev–Trinajstić information content (AvgIpc) is 2.98. The van der Waals surface area contributed by atoms with Gasteiger partial charge in [0.05, 0.1) is 9.36 Å². The zero-order chi connectivity index (χ0) is 14.1. The predicted octanol–water partition coefficient (Wildman–Crippen LogP) is 3.91. The Morgan fingerprint density at radius 1 is 1.25 bits per heavy atom. The van der Waals surface area contributed by atoms with Crippen LogP contribution in [0.25, 0.3) is 11.4 Å². The lowest BCUT2D eigenvalue weighted by Gasteiger charge is -2.03. The molecule has 0 aliphatic rings. The second-order valence-electron chi connectivity index (χ2n) is 3.82. The molecule has 0 saturated heterocycles. The smallest absolute Gasteiger partial charge is 0.217 e. The number of halogens is 3. The van der Waals surface area contributed by atoms with Crippen molar-refractivity contribution in [2.75, 3.05) is 0 Å². The van der Waals surface area contributed by atoms with Gasteiger partial charge in [0.1, 0.15) is 12.4 Å². The van der Waals surface area contributed by atoms with Crippen molar-refractivity contribution in [3.63, 3.8) is 0 Å². The molecule has 3 aromatic heterocycles. The van der Waals surface area contributed by atoms with Crippen LogP contribution >= 0.6 is 50.5 Å². The molecule has 102 valence electrons. The van der Waals surface area contributed by atoms with Gasteiger partial charge in [-0.3, -0.25) is 0 Å². The molecule has 0 fully saturated rings. The second-order valence-corrected chi connectivity index (χ2v) is 6.51. The topological polar surface area (TPSA) is 56.5 Å². The van der Waals surface area contributed by atoms with Crippen LogP contribution < -0.4 is 0 Å². The van der Waals surface area contributed by atoms with Crippen LogP contribution in [0.1, 0.15) is 5.82 Å². The van der Waals surface area contributed by atoms with Gasteiger partial charge in [-0.15, -0.1) is 16.4 Å². The molecule has 0 atom stereocenters. The minimum absolute atomic E-state index is 0.401. The van der Waals surface area contributed by atoms with Crippen LogP contribution in [0.3, 0.4) is 0 Å². The molecule has 0 saturated carbocycles. The molecule has 5 nitrogen and oxygen atoms in total. The quantitative estimate of drug-likeness (QED) is 0.680. The number of aromatic nitrogens is 5. The van der Waals surface area contributed by atoms with E-state index in [0.29, 0.717) is 32.3 Å². The van der Waals surface area contributed by atoms with E-state index in [2.05, 4.69) is 36.0 Å². The molecular weight excluding hydrogens is 385 g/mol. The zero-order valence-corrected chi connectivity index (χ0v) is 13.7. The normalized spacial score (nSPS) is 10.9. The fourth-order valence-electron chi connectivity index (χ4n) is 1.62. The third-order valence-corrected chi connectivity index (χ3v) is 4.06. The molecule has 3 rings (SSSR count). The van der Waals surface area contributed by atoms with Crippen LogP contribution in [0.15, 0.2) is 28.6 Å². The molecule has 0 spiro atoms. The van der Waals surface area contributed by atoms with Gasteiger partial charge in [0, 0.05) is 23.3 Å². The third kappa shape index (κ3) is 3.01. The van der Waals surface area contributed by atoms with Gasteiger partial charge in [-0.1, -0.05) is 23.2 Å². The van der Waals surface area contributed by atoms with Gasteiger partial charge in [0.15, 0.2) is 5.82 Å². The fourth-order valence-corrected chi connectivity index (χ4v) is 2.94. The fraction of sp³-hybridized carbons (Fsp3) is 0.0909. The third-order valence-electron chi connectivity index (χ3n) is 2.44. The number of nitrogens with zero attached hydrogens (tertiary/aromatic N) is 5. The van der Waals surface area contributed by atoms with Gasteiger partial charge in [-0.2, -0.15) is 0 Å². The summed E-state index contributed by atoms with van der Waals surface area (Å²) in [7, 11) is 0. The minimum atomic E-state index is 0.401. The van der Waals surface area contributed by atoms with Gasteiger partial charge in [0.2, 0.25) is 4.73 Å². The molecule has 0 unspecified atom stereocenters. The van der Waals surface area contributed by atoms with Crippen molar-refractivity contribution in [2.45, 2.75) is 6.54 Å². The van der Waals surface area contributed by atoms with E-state index in [-0.39, 0.29) is 0 Å². The van der Waals surface area contributed by atoms with Gasteiger partial charge in [-0.25, -0.2) is 19.6 Å². The largest absolute Gasteiger partial charge is 0.238 e. The number of hydrogen-bond donors (Lipinski definition) is 0.